The van der Waals surface area contributed by atoms with Gasteiger partial charge in [0, 0.05) is 52.5 Å². The number of ether oxygens (including phenoxy) is 1. The minimum Gasteiger partial charge on any atom is -0.605 e. The van der Waals surface area contributed by atoms with Gasteiger partial charge < -0.3 is 19.5 Å². The molecule has 4 aliphatic carbocycles. The summed E-state index contributed by atoms with van der Waals surface area (Å²) in [5.41, 5.74) is -0.216. The Morgan fingerprint density at radius 1 is 1.24 bits per heavy atom. The molecule has 2 N–H and O–H groups in total. The van der Waals surface area contributed by atoms with Crippen molar-refractivity contribution in [3.05, 3.63) is 23.8 Å². The SMILES string of the molecule is CC12C=CC(=O)C=C1CC(OC(=O)CCCC[C@@H]1CCS[S+]1[O-])C1C2C(O)CC2(C)C(C(=O)O)CCC12. The Kier molecular flexibility index (Phi) is 7.64. The van der Waals surface area contributed by atoms with Crippen molar-refractivity contribution in [2.75, 3.05) is 5.75 Å². The highest BCUT2D eigenvalue weighted by Crippen LogP contribution is 2.66. The van der Waals surface area contributed by atoms with Gasteiger partial charge in [-0.15, -0.1) is 0 Å². The van der Waals surface area contributed by atoms with E-state index in [0.717, 1.165) is 37.0 Å². The van der Waals surface area contributed by atoms with Crippen molar-refractivity contribution in [1.29, 1.82) is 0 Å². The molecule has 37 heavy (non-hydrogen) atoms. The lowest BCUT2D eigenvalue weighted by Gasteiger charge is -2.60. The molecule has 204 valence electrons. The van der Waals surface area contributed by atoms with E-state index >= 15 is 0 Å². The summed E-state index contributed by atoms with van der Waals surface area (Å²) in [6, 6.07) is 0. The maximum atomic E-state index is 13.0. The zero-order chi connectivity index (χ0) is 26.5. The van der Waals surface area contributed by atoms with E-state index in [0.29, 0.717) is 25.7 Å². The predicted molar refractivity (Wildman–Crippen MR) is 142 cm³/mol. The first-order chi connectivity index (χ1) is 17.5. The number of carbonyl (C=O) groups is 3. The van der Waals surface area contributed by atoms with Crippen LogP contribution in [0.2, 0.25) is 0 Å². The van der Waals surface area contributed by atoms with Gasteiger partial charge >= 0.3 is 11.9 Å². The van der Waals surface area contributed by atoms with E-state index in [1.54, 1.807) is 12.2 Å². The average molecular weight is 551 g/mol. The number of carbonyl (C=O) groups excluding carboxylic acids is 2. The molecule has 10 atom stereocenters. The summed E-state index contributed by atoms with van der Waals surface area (Å²) in [5.74, 6) is -1.23. The Morgan fingerprint density at radius 2 is 2.03 bits per heavy atom. The van der Waals surface area contributed by atoms with E-state index in [4.69, 9.17) is 4.74 Å². The number of allylic oxidation sites excluding steroid dienone is 3. The molecular weight excluding hydrogens is 512 g/mol. The zero-order valence-electron chi connectivity index (χ0n) is 21.6. The number of carboxylic acid groups (broad SMARTS) is 1. The number of hydrogen-bond donors (Lipinski definition) is 2. The van der Waals surface area contributed by atoms with Crippen molar-refractivity contribution < 1.29 is 33.9 Å². The minimum atomic E-state index is -0.823. The molecule has 5 aliphatic rings. The van der Waals surface area contributed by atoms with Crippen LogP contribution in [0.1, 0.15) is 71.6 Å². The van der Waals surface area contributed by atoms with Crippen LogP contribution in [0.5, 0.6) is 0 Å². The molecule has 9 unspecified atom stereocenters. The van der Waals surface area contributed by atoms with Gasteiger partial charge in [0.25, 0.3) is 0 Å². The molecule has 7 nitrogen and oxygen atoms in total. The number of fused-ring (bicyclic) bond motifs is 5. The molecule has 4 fully saturated rings. The summed E-state index contributed by atoms with van der Waals surface area (Å²) in [6.07, 6.45) is 9.53. The molecule has 9 heteroatoms. The van der Waals surface area contributed by atoms with Crippen LogP contribution in [0.3, 0.4) is 0 Å². The van der Waals surface area contributed by atoms with E-state index in [-0.39, 0.29) is 41.2 Å². The fraction of sp³-hybridized carbons (Fsp3) is 0.750. The molecule has 0 spiro atoms. The van der Waals surface area contributed by atoms with Crippen LogP contribution in [0.4, 0.5) is 0 Å². The van der Waals surface area contributed by atoms with Crippen LogP contribution in [0, 0.1) is 34.5 Å². The second kappa shape index (κ2) is 10.4. The van der Waals surface area contributed by atoms with Gasteiger partial charge in [-0.2, -0.15) is 0 Å². The van der Waals surface area contributed by atoms with Crippen LogP contribution in [-0.4, -0.2) is 55.7 Å². The summed E-state index contributed by atoms with van der Waals surface area (Å²) in [5, 5.41) is 21.7. The molecule has 1 aliphatic heterocycles. The first kappa shape index (κ1) is 27.3. The number of hydrogen-bond acceptors (Lipinski definition) is 7. The summed E-state index contributed by atoms with van der Waals surface area (Å²) in [6.45, 7) is 4.04. The molecule has 0 aromatic rings. The normalized spacial score (nSPS) is 44.5. The molecule has 5 rings (SSSR count). The fourth-order valence-electron chi connectivity index (χ4n) is 8.35. The van der Waals surface area contributed by atoms with Crippen molar-refractivity contribution in [3.63, 3.8) is 0 Å². The highest BCUT2D eigenvalue weighted by molar-refractivity contribution is 8.72. The minimum absolute atomic E-state index is 0.0130. The Labute approximate surface area is 225 Å². The third kappa shape index (κ3) is 4.83. The molecule has 0 aromatic carbocycles. The summed E-state index contributed by atoms with van der Waals surface area (Å²) in [7, 11) is 0.694. The highest BCUT2D eigenvalue weighted by Gasteiger charge is 2.65. The van der Waals surface area contributed by atoms with Gasteiger partial charge in [0.05, 0.1) is 22.8 Å². The standard InChI is InChI=1S/C28H38O7S2/c1-27-11-9-17(29)13-16(27)14-22(35-23(31)6-4-3-5-18-10-12-36-37(18)34)24-19-7-8-20(26(32)33)28(19,2)15-21(30)25(24)27/h9,11,13,18-22,24-25,30H,3-8,10,12,14-15H2,1-2H3,(H,32,33)/t18-,19?,20?,21?,22?,24?,25?,27?,28?,37?/m1/s1. The van der Waals surface area contributed by atoms with Gasteiger partial charge in [0.2, 0.25) is 0 Å². The largest absolute Gasteiger partial charge is 0.605 e. The summed E-state index contributed by atoms with van der Waals surface area (Å²) < 4.78 is 18.1. The molecule has 3 saturated carbocycles. The average Bonchev–Trinajstić information content (AvgIpc) is 3.39. The van der Waals surface area contributed by atoms with Crippen molar-refractivity contribution in [3.8, 4) is 0 Å². The number of aliphatic hydroxyl groups is 1. The third-order valence-corrected chi connectivity index (χ3v) is 13.8. The first-order valence-corrected chi connectivity index (χ1v) is 16.3. The summed E-state index contributed by atoms with van der Waals surface area (Å²) >= 11 is 0. The number of aliphatic hydroxyl groups excluding tert-OH is 1. The first-order valence-electron chi connectivity index (χ1n) is 13.6. The van der Waals surface area contributed by atoms with Crippen LogP contribution < -0.4 is 0 Å². The Morgan fingerprint density at radius 3 is 2.73 bits per heavy atom. The van der Waals surface area contributed by atoms with E-state index in [9.17, 15) is 29.1 Å². The van der Waals surface area contributed by atoms with Crippen LogP contribution >= 0.6 is 10.8 Å². The number of esters is 1. The van der Waals surface area contributed by atoms with Crippen molar-refractivity contribution in [2.24, 2.45) is 34.5 Å². The topological polar surface area (TPSA) is 124 Å². The number of unbranched alkanes of at least 4 members (excludes halogenated alkanes) is 1. The van der Waals surface area contributed by atoms with Crippen molar-refractivity contribution in [1.82, 2.24) is 0 Å². The quantitative estimate of drug-likeness (QED) is 0.209. The molecule has 0 radical (unpaired) electrons. The summed E-state index contributed by atoms with van der Waals surface area (Å²) in [4.78, 5) is 37.4. The number of rotatable bonds is 7. The van der Waals surface area contributed by atoms with E-state index in [2.05, 4.69) is 6.92 Å². The Balaban J connectivity index is 1.35. The fourth-order valence-corrected chi connectivity index (χ4v) is 11.8. The number of ketones is 1. The Hall–Kier alpha value is -1.29. The zero-order valence-corrected chi connectivity index (χ0v) is 23.2. The maximum absolute atomic E-state index is 13.0. The molecule has 1 heterocycles. The lowest BCUT2D eigenvalue weighted by Crippen LogP contribution is -2.60. The van der Waals surface area contributed by atoms with Crippen molar-refractivity contribution >= 4 is 38.7 Å². The highest BCUT2D eigenvalue weighted by atomic mass is 33.1. The predicted octanol–water partition coefficient (Wildman–Crippen LogP) is 4.22. The maximum Gasteiger partial charge on any atom is 0.307 e. The van der Waals surface area contributed by atoms with E-state index in [1.807, 2.05) is 13.0 Å². The third-order valence-electron chi connectivity index (χ3n) is 10.1. The van der Waals surface area contributed by atoms with Crippen molar-refractivity contribution in [2.45, 2.75) is 89.1 Å². The lowest BCUT2D eigenvalue weighted by molar-refractivity contribution is -0.184. The number of aliphatic carboxylic acids is 1. The van der Waals surface area contributed by atoms with Gasteiger partial charge in [0.1, 0.15) is 11.4 Å². The van der Waals surface area contributed by atoms with Gasteiger partial charge in [-0.3, -0.25) is 14.4 Å². The molecular formula is C28H38O7S2. The van der Waals surface area contributed by atoms with E-state index < -0.39 is 45.1 Å². The second-order valence-corrected chi connectivity index (χ2v) is 15.6. The van der Waals surface area contributed by atoms with Gasteiger partial charge in [-0.05, 0) is 62.0 Å². The monoisotopic (exact) mass is 550 g/mol. The molecule has 1 saturated heterocycles. The molecule has 0 bridgehead atoms. The number of carboxylic acids is 1. The van der Waals surface area contributed by atoms with Crippen LogP contribution in [-0.2, 0) is 29.3 Å². The molecule has 0 amide bonds. The van der Waals surface area contributed by atoms with Crippen LogP contribution in [0.15, 0.2) is 23.8 Å². The smallest absolute Gasteiger partial charge is 0.307 e. The van der Waals surface area contributed by atoms with Crippen LogP contribution in [0.25, 0.3) is 0 Å². The van der Waals surface area contributed by atoms with Gasteiger partial charge in [-0.1, -0.05) is 25.5 Å². The second-order valence-electron chi connectivity index (χ2n) is 12.1. The lowest BCUT2D eigenvalue weighted by atomic mass is 9.46. The Bertz CT molecular complexity index is 1010. The van der Waals surface area contributed by atoms with Gasteiger partial charge in [0.15, 0.2) is 5.78 Å². The molecule has 0 aromatic heterocycles. The van der Waals surface area contributed by atoms with E-state index in [1.165, 1.54) is 10.8 Å². The van der Waals surface area contributed by atoms with Gasteiger partial charge in [-0.25, -0.2) is 0 Å².